The van der Waals surface area contributed by atoms with Crippen LogP contribution in [0.25, 0.3) is 0 Å². The monoisotopic (exact) mass is 372 g/mol. The molecule has 0 spiro atoms. The van der Waals surface area contributed by atoms with Gasteiger partial charge in [0, 0.05) is 26.7 Å². The van der Waals surface area contributed by atoms with Gasteiger partial charge in [0.05, 0.1) is 12.2 Å². The molecule has 0 radical (unpaired) electrons. The summed E-state index contributed by atoms with van der Waals surface area (Å²) in [6, 6.07) is 17.2. The molecule has 0 heterocycles. The predicted molar refractivity (Wildman–Crippen MR) is 107 cm³/mol. The van der Waals surface area contributed by atoms with E-state index < -0.39 is 0 Å². The van der Waals surface area contributed by atoms with Crippen molar-refractivity contribution < 1.29 is 14.3 Å². The van der Waals surface area contributed by atoms with Gasteiger partial charge in [0.15, 0.2) is 5.11 Å². The van der Waals surface area contributed by atoms with Crippen molar-refractivity contribution >= 4 is 23.2 Å². The molecule has 138 valence electrons. The normalized spacial score (nSPS) is 10.2. The van der Waals surface area contributed by atoms with E-state index >= 15 is 0 Å². The Bertz CT molecular complexity index is 707. The molecule has 0 aliphatic rings. The van der Waals surface area contributed by atoms with Crippen molar-refractivity contribution in [2.75, 3.05) is 26.9 Å². The molecule has 1 amide bonds. The average molecular weight is 372 g/mol. The Balaban J connectivity index is 1.86. The van der Waals surface area contributed by atoms with E-state index in [1.54, 1.807) is 25.3 Å². The van der Waals surface area contributed by atoms with E-state index in [0.717, 1.165) is 12.8 Å². The van der Waals surface area contributed by atoms with E-state index in [4.69, 9.17) is 21.7 Å². The molecule has 0 aromatic heterocycles. The second kappa shape index (κ2) is 11.2. The molecule has 2 aromatic carbocycles. The van der Waals surface area contributed by atoms with E-state index in [1.807, 2.05) is 24.3 Å². The van der Waals surface area contributed by atoms with Crippen LogP contribution in [0, 0.1) is 0 Å². The lowest BCUT2D eigenvalue weighted by Crippen LogP contribution is -2.40. The molecule has 0 unspecified atom stereocenters. The number of para-hydroxylation sites is 1. The van der Waals surface area contributed by atoms with Crippen molar-refractivity contribution in [1.82, 2.24) is 10.6 Å². The molecule has 2 rings (SSSR count). The topological polar surface area (TPSA) is 59.6 Å². The summed E-state index contributed by atoms with van der Waals surface area (Å²) < 4.78 is 10.8. The lowest BCUT2D eigenvalue weighted by Gasteiger charge is -2.13. The molecule has 2 aromatic rings. The highest BCUT2D eigenvalue weighted by Gasteiger charge is 2.13. The van der Waals surface area contributed by atoms with Crippen LogP contribution in [-0.2, 0) is 11.2 Å². The van der Waals surface area contributed by atoms with Gasteiger partial charge in [0.25, 0.3) is 5.91 Å². The van der Waals surface area contributed by atoms with Gasteiger partial charge in [-0.3, -0.25) is 10.1 Å². The number of rotatable bonds is 9. The number of hydrogen-bond donors (Lipinski definition) is 2. The van der Waals surface area contributed by atoms with Crippen LogP contribution in [0.3, 0.4) is 0 Å². The Morgan fingerprint density at radius 1 is 1.04 bits per heavy atom. The number of hydrogen-bond acceptors (Lipinski definition) is 4. The first-order valence-corrected chi connectivity index (χ1v) is 8.95. The van der Waals surface area contributed by atoms with Gasteiger partial charge in [-0.15, -0.1) is 0 Å². The van der Waals surface area contributed by atoms with Gasteiger partial charge in [-0.05, 0) is 36.3 Å². The molecule has 0 aliphatic carbocycles. The maximum Gasteiger partial charge on any atom is 0.261 e. The molecule has 0 saturated carbocycles. The highest BCUT2D eigenvalue weighted by molar-refractivity contribution is 7.80. The van der Waals surface area contributed by atoms with E-state index in [2.05, 4.69) is 22.8 Å². The van der Waals surface area contributed by atoms with Crippen LogP contribution in [0.5, 0.6) is 5.75 Å². The first-order chi connectivity index (χ1) is 12.7. The van der Waals surface area contributed by atoms with Crippen LogP contribution in [0.15, 0.2) is 54.6 Å². The molecule has 26 heavy (non-hydrogen) atoms. The highest BCUT2D eigenvalue weighted by atomic mass is 32.1. The summed E-state index contributed by atoms with van der Waals surface area (Å²) in [5, 5.41) is 5.96. The SMILES string of the molecule is COCCCNC(=S)NC(=O)c1ccccc1OCCc1ccccc1. The second-order valence-electron chi connectivity index (χ2n) is 5.64. The zero-order valence-corrected chi connectivity index (χ0v) is 15.7. The van der Waals surface area contributed by atoms with Gasteiger partial charge in [0.2, 0.25) is 0 Å². The number of benzene rings is 2. The van der Waals surface area contributed by atoms with Gasteiger partial charge < -0.3 is 14.8 Å². The second-order valence-corrected chi connectivity index (χ2v) is 6.04. The summed E-state index contributed by atoms with van der Waals surface area (Å²) in [4.78, 5) is 12.5. The van der Waals surface area contributed by atoms with E-state index in [1.165, 1.54) is 5.56 Å². The number of carbonyl (C=O) groups excluding carboxylic acids is 1. The molecule has 0 aliphatic heterocycles. The zero-order chi connectivity index (χ0) is 18.6. The Kier molecular flexibility index (Phi) is 8.59. The summed E-state index contributed by atoms with van der Waals surface area (Å²) in [6.07, 6.45) is 1.59. The minimum absolute atomic E-state index is 0.287. The Morgan fingerprint density at radius 3 is 2.54 bits per heavy atom. The molecule has 0 bridgehead atoms. The Morgan fingerprint density at radius 2 is 1.77 bits per heavy atom. The lowest BCUT2D eigenvalue weighted by atomic mass is 10.1. The van der Waals surface area contributed by atoms with Crippen molar-refractivity contribution in [3.05, 3.63) is 65.7 Å². The average Bonchev–Trinajstić information content (AvgIpc) is 2.66. The van der Waals surface area contributed by atoms with Gasteiger partial charge >= 0.3 is 0 Å². The summed E-state index contributed by atoms with van der Waals surface area (Å²) in [7, 11) is 1.65. The smallest absolute Gasteiger partial charge is 0.261 e. The third kappa shape index (κ3) is 6.82. The van der Waals surface area contributed by atoms with Crippen LogP contribution in [0.4, 0.5) is 0 Å². The highest BCUT2D eigenvalue weighted by Crippen LogP contribution is 2.18. The van der Waals surface area contributed by atoms with Crippen LogP contribution in [0.1, 0.15) is 22.3 Å². The zero-order valence-electron chi connectivity index (χ0n) is 14.9. The summed E-state index contributed by atoms with van der Waals surface area (Å²) in [5.41, 5.74) is 1.65. The van der Waals surface area contributed by atoms with Crippen molar-refractivity contribution in [3.63, 3.8) is 0 Å². The molecule has 0 saturated heterocycles. The van der Waals surface area contributed by atoms with Crippen LogP contribution in [-0.4, -0.2) is 37.9 Å². The van der Waals surface area contributed by atoms with Crippen molar-refractivity contribution in [1.29, 1.82) is 0 Å². The van der Waals surface area contributed by atoms with Crippen LogP contribution < -0.4 is 15.4 Å². The quantitative estimate of drug-likeness (QED) is 0.524. The fourth-order valence-corrected chi connectivity index (χ4v) is 2.53. The van der Waals surface area contributed by atoms with Gasteiger partial charge in [-0.25, -0.2) is 0 Å². The molecule has 5 nitrogen and oxygen atoms in total. The fraction of sp³-hybridized carbons (Fsp3) is 0.300. The van der Waals surface area contributed by atoms with Crippen molar-refractivity contribution in [2.45, 2.75) is 12.8 Å². The molecule has 0 fully saturated rings. The number of nitrogens with one attached hydrogen (secondary N) is 2. The van der Waals surface area contributed by atoms with E-state index in [-0.39, 0.29) is 5.91 Å². The molecule has 0 atom stereocenters. The standard InChI is InChI=1S/C20H24N2O3S/c1-24-14-7-13-21-20(26)22-19(23)17-10-5-6-11-18(17)25-15-12-16-8-3-2-4-9-16/h2-6,8-11H,7,12-15H2,1H3,(H2,21,22,23,26). The minimum atomic E-state index is -0.287. The molecule has 6 heteroatoms. The Hall–Kier alpha value is -2.44. The third-order valence-electron chi connectivity index (χ3n) is 3.66. The van der Waals surface area contributed by atoms with Crippen LogP contribution in [0.2, 0.25) is 0 Å². The maximum atomic E-state index is 12.5. The van der Waals surface area contributed by atoms with E-state index in [9.17, 15) is 4.79 Å². The molecular weight excluding hydrogens is 348 g/mol. The number of thiocarbonyl (C=S) groups is 1. The van der Waals surface area contributed by atoms with Crippen LogP contribution >= 0.6 is 12.2 Å². The number of methoxy groups -OCH3 is 1. The first kappa shape index (κ1) is 19.9. The predicted octanol–water partition coefficient (Wildman–Crippen LogP) is 2.95. The maximum absolute atomic E-state index is 12.5. The fourth-order valence-electron chi connectivity index (χ4n) is 2.34. The third-order valence-corrected chi connectivity index (χ3v) is 3.91. The number of ether oxygens (including phenoxy) is 2. The summed E-state index contributed by atoms with van der Waals surface area (Å²) >= 11 is 5.15. The van der Waals surface area contributed by atoms with Crippen molar-refractivity contribution in [3.8, 4) is 5.75 Å². The molecular formula is C20H24N2O3S. The molecule has 2 N–H and O–H groups in total. The number of amides is 1. The first-order valence-electron chi connectivity index (χ1n) is 8.54. The van der Waals surface area contributed by atoms with Gasteiger partial charge in [-0.2, -0.15) is 0 Å². The van der Waals surface area contributed by atoms with E-state index in [0.29, 0.717) is 36.2 Å². The van der Waals surface area contributed by atoms with Gasteiger partial charge in [0.1, 0.15) is 5.75 Å². The lowest BCUT2D eigenvalue weighted by molar-refractivity contribution is 0.0972. The summed E-state index contributed by atoms with van der Waals surface area (Å²) in [6.45, 7) is 1.78. The van der Waals surface area contributed by atoms with Gasteiger partial charge in [-0.1, -0.05) is 42.5 Å². The van der Waals surface area contributed by atoms with Crippen molar-refractivity contribution in [2.24, 2.45) is 0 Å². The summed E-state index contributed by atoms with van der Waals surface area (Å²) in [5.74, 6) is 0.257. The minimum Gasteiger partial charge on any atom is -0.492 e. The largest absolute Gasteiger partial charge is 0.492 e. The number of carbonyl (C=O) groups is 1. The Labute approximate surface area is 159 Å².